The molecule has 0 radical (unpaired) electrons. The highest BCUT2D eigenvalue weighted by Crippen LogP contribution is 2.67. The monoisotopic (exact) mass is 864 g/mol. The van der Waals surface area contributed by atoms with E-state index in [2.05, 4.69) is 97.8 Å². The maximum Gasteiger partial charge on any atom is 0.136 e. The molecule has 4 rings (SSSR count). The molecule has 360 valence electrons. The second kappa shape index (κ2) is 29.6. The number of allylic oxidation sites excluding steroid dienone is 5. The molecule has 0 saturated heterocycles. The van der Waals surface area contributed by atoms with Crippen LogP contribution in [0.25, 0.3) is 0 Å². The Labute approximate surface area is 387 Å². The first-order chi connectivity index (χ1) is 30.0. The van der Waals surface area contributed by atoms with Crippen LogP contribution in [0.3, 0.4) is 0 Å². The average molecular weight is 864 g/mol. The number of hydrogen-bond acceptors (Lipinski definition) is 4. The molecule has 62 heavy (non-hydrogen) atoms. The Hall–Kier alpha value is -0.940. The number of hydrogen-bond donors (Lipinski definition) is 0. The molecule has 3 saturated carbocycles. The molecule has 4 heteroatoms. The molecule has 4 aliphatic rings. The molecule has 1 unspecified atom stereocenters. The Morgan fingerprint density at radius 2 is 1.29 bits per heavy atom. The summed E-state index contributed by atoms with van der Waals surface area (Å²) >= 11 is 0. The number of ether oxygens (including phenoxy) is 3. The van der Waals surface area contributed by atoms with Gasteiger partial charge in [-0.25, -0.2) is 0 Å². The van der Waals surface area contributed by atoms with E-state index in [1.165, 1.54) is 167 Å². The zero-order chi connectivity index (χ0) is 44.6. The van der Waals surface area contributed by atoms with E-state index in [4.69, 9.17) is 14.2 Å². The first-order valence-corrected chi connectivity index (χ1v) is 27.5. The topological polar surface area (TPSA) is 30.9 Å². The highest BCUT2D eigenvalue weighted by molar-refractivity contribution is 5.25. The van der Waals surface area contributed by atoms with Crippen molar-refractivity contribution in [3.8, 4) is 0 Å². The molecule has 0 heterocycles. The van der Waals surface area contributed by atoms with Crippen molar-refractivity contribution in [3.63, 3.8) is 0 Å². The summed E-state index contributed by atoms with van der Waals surface area (Å²) in [5.41, 5.74) is 2.79. The SMILES string of the molecule is CCCCC/C=C\C/C=C\CCCCCCCCOC([C@H](C)OCCCCCCCCO[C@H]1CC[C@@]2(C)C(=CC[C@H]3[C@@H]4CC[C@H]([C@H](C)CCCC(C)C)[C@@]4(C)CC[C@@H]32)C1)N(C)C. The lowest BCUT2D eigenvalue weighted by Crippen LogP contribution is -2.51. The minimum absolute atomic E-state index is 0.0267. The maximum atomic E-state index is 6.61. The third-order valence-corrected chi connectivity index (χ3v) is 17.1. The summed E-state index contributed by atoms with van der Waals surface area (Å²) in [5.74, 6) is 5.48. The van der Waals surface area contributed by atoms with Crippen molar-refractivity contribution >= 4 is 0 Å². The molecular formula is C58H105NO3. The van der Waals surface area contributed by atoms with Gasteiger partial charge in [-0.05, 0) is 170 Å². The van der Waals surface area contributed by atoms with E-state index in [1.807, 2.05) is 0 Å². The molecule has 10 atom stereocenters. The molecule has 4 nitrogen and oxygen atoms in total. The van der Waals surface area contributed by atoms with Gasteiger partial charge in [0, 0.05) is 19.8 Å². The minimum atomic E-state index is 0.0267. The fraction of sp³-hybridized carbons (Fsp3) is 0.897. The van der Waals surface area contributed by atoms with E-state index in [9.17, 15) is 0 Å². The van der Waals surface area contributed by atoms with E-state index < -0.39 is 0 Å². The average Bonchev–Trinajstić information content (AvgIpc) is 3.61. The quantitative estimate of drug-likeness (QED) is 0.0366. The van der Waals surface area contributed by atoms with E-state index >= 15 is 0 Å². The van der Waals surface area contributed by atoms with Crippen LogP contribution < -0.4 is 0 Å². The van der Waals surface area contributed by atoms with Gasteiger partial charge >= 0.3 is 0 Å². The number of unbranched alkanes of at least 4 members (excludes halogenated alkanes) is 14. The molecule has 0 aromatic heterocycles. The van der Waals surface area contributed by atoms with Crippen LogP contribution in [0.1, 0.15) is 235 Å². The molecule has 0 amide bonds. The van der Waals surface area contributed by atoms with Gasteiger partial charge < -0.3 is 14.2 Å². The Bertz CT molecular complexity index is 1250. The van der Waals surface area contributed by atoms with Gasteiger partial charge in [0.1, 0.15) is 6.23 Å². The normalized spacial score (nSPS) is 29.0. The third kappa shape index (κ3) is 17.4. The van der Waals surface area contributed by atoms with Crippen LogP contribution in [0.5, 0.6) is 0 Å². The summed E-state index contributed by atoms with van der Waals surface area (Å²) in [6, 6.07) is 0. The van der Waals surface area contributed by atoms with Crippen LogP contribution in [0.2, 0.25) is 0 Å². The smallest absolute Gasteiger partial charge is 0.136 e. The maximum absolute atomic E-state index is 6.61. The van der Waals surface area contributed by atoms with Gasteiger partial charge in [0.2, 0.25) is 0 Å². The summed E-state index contributed by atoms with van der Waals surface area (Å²) in [4.78, 5) is 2.18. The second-order valence-electron chi connectivity index (χ2n) is 22.5. The number of likely N-dealkylation sites (N-methyl/N-ethyl adjacent to an activating group) is 1. The molecule has 0 bridgehead atoms. The van der Waals surface area contributed by atoms with Crippen LogP contribution in [-0.2, 0) is 14.2 Å². The van der Waals surface area contributed by atoms with Crippen molar-refractivity contribution < 1.29 is 14.2 Å². The van der Waals surface area contributed by atoms with Gasteiger partial charge in [0.25, 0.3) is 0 Å². The summed E-state index contributed by atoms with van der Waals surface area (Å²) in [6.07, 6.45) is 50.9. The van der Waals surface area contributed by atoms with E-state index in [-0.39, 0.29) is 12.3 Å². The molecule has 0 aromatic rings. The van der Waals surface area contributed by atoms with Gasteiger partial charge in [-0.15, -0.1) is 0 Å². The summed E-state index contributed by atoms with van der Waals surface area (Å²) in [7, 11) is 4.23. The van der Waals surface area contributed by atoms with Crippen molar-refractivity contribution in [2.75, 3.05) is 33.9 Å². The first kappa shape index (κ1) is 53.7. The first-order valence-electron chi connectivity index (χ1n) is 27.5. The van der Waals surface area contributed by atoms with Gasteiger partial charge in [-0.1, -0.05) is 161 Å². The molecule has 0 spiro atoms. The molecule has 0 aromatic carbocycles. The lowest BCUT2D eigenvalue weighted by atomic mass is 9.47. The van der Waals surface area contributed by atoms with E-state index in [1.54, 1.807) is 5.57 Å². The zero-order valence-corrected chi connectivity index (χ0v) is 42.9. The largest absolute Gasteiger partial charge is 0.378 e. The van der Waals surface area contributed by atoms with Crippen molar-refractivity contribution in [1.29, 1.82) is 0 Å². The summed E-state index contributed by atoms with van der Waals surface area (Å²) in [6.45, 7) is 19.9. The van der Waals surface area contributed by atoms with Gasteiger partial charge in [-0.3, -0.25) is 4.90 Å². The molecule has 4 aliphatic carbocycles. The predicted molar refractivity (Wildman–Crippen MR) is 269 cm³/mol. The Morgan fingerprint density at radius 3 is 1.95 bits per heavy atom. The number of fused-ring (bicyclic) bond motifs is 5. The number of rotatable bonds is 34. The third-order valence-electron chi connectivity index (χ3n) is 17.1. The van der Waals surface area contributed by atoms with Gasteiger partial charge in [-0.2, -0.15) is 0 Å². The van der Waals surface area contributed by atoms with Crippen molar-refractivity contribution in [2.24, 2.45) is 46.3 Å². The Balaban J connectivity index is 0.983. The standard InChI is InChI=1S/C58H105NO3/c1-10-11-12-13-14-15-16-17-18-19-20-21-22-23-28-31-45-62-56(59(8)9)49(5)60-43-29-26-24-25-27-30-44-61-51-39-41-57(6)50(46-51)35-36-52-54-38-37-53(48(4)34-32-33-47(2)3)58(54,7)42-40-55(52)57/h14-15,17-18,35,47-49,51-56H,10-13,16,19-34,36-46H2,1-9H3/b15-14-,18-17-/t48-,49+,51+,52+,53-,54+,55+,56?,57+,58-/m1/s1. The fourth-order valence-corrected chi connectivity index (χ4v) is 13.3. The van der Waals surface area contributed by atoms with Gasteiger partial charge in [0.15, 0.2) is 0 Å². The lowest BCUT2D eigenvalue weighted by molar-refractivity contribution is -0.125. The minimum Gasteiger partial charge on any atom is -0.378 e. The summed E-state index contributed by atoms with van der Waals surface area (Å²) in [5, 5.41) is 0. The van der Waals surface area contributed by atoms with Crippen LogP contribution >= 0.6 is 0 Å². The van der Waals surface area contributed by atoms with Crippen LogP contribution in [0.4, 0.5) is 0 Å². The van der Waals surface area contributed by atoms with Crippen molar-refractivity contribution in [2.45, 2.75) is 253 Å². The predicted octanol–water partition coefficient (Wildman–Crippen LogP) is 16.9. The van der Waals surface area contributed by atoms with Crippen molar-refractivity contribution in [1.82, 2.24) is 4.90 Å². The summed E-state index contributed by atoms with van der Waals surface area (Å²) < 4.78 is 19.2. The highest BCUT2D eigenvalue weighted by Gasteiger charge is 2.59. The molecular weight excluding hydrogens is 759 g/mol. The molecule has 0 N–H and O–H groups in total. The number of nitrogens with zero attached hydrogens (tertiary/aromatic N) is 1. The van der Waals surface area contributed by atoms with Crippen LogP contribution in [0, 0.1) is 46.3 Å². The fourth-order valence-electron chi connectivity index (χ4n) is 13.3. The lowest BCUT2D eigenvalue weighted by Gasteiger charge is -2.58. The zero-order valence-electron chi connectivity index (χ0n) is 42.9. The van der Waals surface area contributed by atoms with Crippen LogP contribution in [-0.4, -0.2) is 57.3 Å². The Kier molecular flexibility index (Phi) is 25.7. The highest BCUT2D eigenvalue weighted by atomic mass is 16.5. The van der Waals surface area contributed by atoms with E-state index in [0.29, 0.717) is 16.9 Å². The Morgan fingerprint density at radius 1 is 0.661 bits per heavy atom. The van der Waals surface area contributed by atoms with E-state index in [0.717, 1.165) is 74.6 Å². The van der Waals surface area contributed by atoms with Gasteiger partial charge in [0.05, 0.1) is 12.2 Å². The van der Waals surface area contributed by atoms with Crippen LogP contribution in [0.15, 0.2) is 36.0 Å². The molecule has 3 fully saturated rings. The second-order valence-corrected chi connectivity index (χ2v) is 22.5. The van der Waals surface area contributed by atoms with Crippen molar-refractivity contribution in [3.05, 3.63) is 36.0 Å². The molecule has 0 aliphatic heterocycles.